The number of aryl methyl sites for hydroxylation is 1. The summed E-state index contributed by atoms with van der Waals surface area (Å²) < 4.78 is 6.05. The van der Waals surface area contributed by atoms with Crippen molar-refractivity contribution in [2.75, 3.05) is 52.9 Å². The van der Waals surface area contributed by atoms with Gasteiger partial charge in [0.15, 0.2) is 5.96 Å². The Bertz CT molecular complexity index is 604. The number of ether oxygens (including phenoxy) is 1. The molecule has 2 fully saturated rings. The zero-order chi connectivity index (χ0) is 18.4. The van der Waals surface area contributed by atoms with Gasteiger partial charge < -0.3 is 19.9 Å². The van der Waals surface area contributed by atoms with E-state index < -0.39 is 0 Å². The number of guanidine groups is 1. The van der Waals surface area contributed by atoms with Gasteiger partial charge >= 0.3 is 0 Å². The summed E-state index contributed by atoms with van der Waals surface area (Å²) in [6.07, 6.45) is 2.83. The number of hydrogen-bond acceptors (Lipinski definition) is 3. The lowest BCUT2D eigenvalue weighted by atomic mass is 10.0. The molecule has 2 aliphatic rings. The van der Waals surface area contributed by atoms with E-state index in [-0.39, 0.29) is 30.1 Å². The van der Waals surface area contributed by atoms with Crippen LogP contribution in [0.2, 0.25) is 0 Å². The summed E-state index contributed by atoms with van der Waals surface area (Å²) in [5.41, 5.74) is 2.58. The maximum atomic E-state index is 6.05. The second kappa shape index (κ2) is 11.2. The van der Waals surface area contributed by atoms with Gasteiger partial charge in [-0.1, -0.05) is 31.2 Å². The Labute approximate surface area is 181 Å². The van der Waals surface area contributed by atoms with E-state index in [1.807, 2.05) is 7.05 Å². The fraction of sp³-hybridized carbons (Fsp3) is 0.667. The predicted octanol–water partition coefficient (Wildman–Crippen LogP) is 3.29. The molecule has 1 aromatic carbocycles. The fourth-order valence-corrected chi connectivity index (χ4v) is 4.05. The molecule has 0 radical (unpaired) electrons. The lowest BCUT2D eigenvalue weighted by Crippen LogP contribution is -2.49. The summed E-state index contributed by atoms with van der Waals surface area (Å²) in [4.78, 5) is 9.45. The zero-order valence-corrected chi connectivity index (χ0v) is 19.3. The van der Waals surface area contributed by atoms with Crippen molar-refractivity contribution in [1.29, 1.82) is 0 Å². The molecule has 0 aromatic heterocycles. The normalized spacial score (nSPS) is 22.4. The first kappa shape index (κ1) is 22.4. The van der Waals surface area contributed by atoms with E-state index in [2.05, 4.69) is 58.2 Å². The lowest BCUT2D eigenvalue weighted by molar-refractivity contribution is -0.00837. The van der Waals surface area contributed by atoms with Crippen LogP contribution in [-0.4, -0.2) is 68.7 Å². The summed E-state index contributed by atoms with van der Waals surface area (Å²) in [6.45, 7) is 11.6. The minimum absolute atomic E-state index is 0. The van der Waals surface area contributed by atoms with E-state index >= 15 is 0 Å². The van der Waals surface area contributed by atoms with Gasteiger partial charge in [-0.15, -0.1) is 24.0 Å². The molecule has 2 heterocycles. The Morgan fingerprint density at radius 1 is 1.26 bits per heavy atom. The Balaban J connectivity index is 0.00000261. The molecule has 0 amide bonds. The first-order valence-corrected chi connectivity index (χ1v) is 10.0. The van der Waals surface area contributed by atoms with Crippen molar-refractivity contribution < 1.29 is 4.74 Å². The second-order valence-corrected chi connectivity index (χ2v) is 7.70. The van der Waals surface area contributed by atoms with Crippen LogP contribution in [0.5, 0.6) is 0 Å². The van der Waals surface area contributed by atoms with Crippen molar-refractivity contribution in [2.24, 2.45) is 10.9 Å². The molecule has 2 unspecified atom stereocenters. The summed E-state index contributed by atoms with van der Waals surface area (Å²) in [5.74, 6) is 1.62. The molecule has 0 spiro atoms. The van der Waals surface area contributed by atoms with Crippen molar-refractivity contribution in [2.45, 2.75) is 32.8 Å². The first-order chi connectivity index (χ1) is 12.7. The van der Waals surface area contributed by atoms with Gasteiger partial charge in [-0.2, -0.15) is 0 Å². The SMILES string of the molecule is CN=C(NCC(C)CN1CCCC1)N1CCOC(c2ccccc2C)C1.I. The molecule has 2 atom stereocenters. The number of likely N-dealkylation sites (tertiary alicyclic amines) is 1. The minimum Gasteiger partial charge on any atom is -0.370 e. The molecule has 3 rings (SSSR count). The van der Waals surface area contributed by atoms with E-state index in [0.717, 1.165) is 32.2 Å². The molecule has 1 N–H and O–H groups in total. The highest BCUT2D eigenvalue weighted by Crippen LogP contribution is 2.25. The van der Waals surface area contributed by atoms with Gasteiger partial charge in [0.25, 0.3) is 0 Å². The molecule has 27 heavy (non-hydrogen) atoms. The second-order valence-electron chi connectivity index (χ2n) is 7.70. The summed E-state index contributed by atoms with van der Waals surface area (Å²) in [5, 5.41) is 3.59. The standard InChI is InChI=1S/C21H34N4O.HI/c1-17(15-24-10-6-7-11-24)14-23-21(22-3)25-12-13-26-20(16-25)19-9-5-4-8-18(19)2;/h4-5,8-9,17,20H,6-7,10-16H2,1-3H3,(H,22,23);1H. The highest BCUT2D eigenvalue weighted by molar-refractivity contribution is 14.0. The largest absolute Gasteiger partial charge is 0.370 e. The van der Waals surface area contributed by atoms with Crippen LogP contribution in [0.1, 0.15) is 37.0 Å². The molecular formula is C21H35IN4O. The first-order valence-electron chi connectivity index (χ1n) is 10.0. The van der Waals surface area contributed by atoms with Crippen LogP contribution in [0.25, 0.3) is 0 Å². The monoisotopic (exact) mass is 486 g/mol. The molecule has 2 saturated heterocycles. The van der Waals surface area contributed by atoms with Crippen LogP contribution >= 0.6 is 24.0 Å². The Kier molecular flexibility index (Phi) is 9.32. The lowest BCUT2D eigenvalue weighted by Gasteiger charge is -2.36. The van der Waals surface area contributed by atoms with Crippen LogP contribution in [-0.2, 0) is 4.74 Å². The van der Waals surface area contributed by atoms with Crippen molar-refractivity contribution in [3.8, 4) is 0 Å². The number of halogens is 1. The molecule has 0 saturated carbocycles. The van der Waals surface area contributed by atoms with E-state index in [0.29, 0.717) is 5.92 Å². The van der Waals surface area contributed by atoms with Gasteiger partial charge in [0.1, 0.15) is 6.10 Å². The fourth-order valence-electron chi connectivity index (χ4n) is 4.05. The van der Waals surface area contributed by atoms with Crippen molar-refractivity contribution in [1.82, 2.24) is 15.1 Å². The third-order valence-corrected chi connectivity index (χ3v) is 5.49. The van der Waals surface area contributed by atoms with Gasteiger partial charge in [-0.25, -0.2) is 0 Å². The van der Waals surface area contributed by atoms with Crippen molar-refractivity contribution in [3.63, 3.8) is 0 Å². The molecule has 0 aliphatic carbocycles. The molecule has 6 heteroatoms. The van der Waals surface area contributed by atoms with Crippen LogP contribution in [0.15, 0.2) is 29.3 Å². The number of benzene rings is 1. The maximum Gasteiger partial charge on any atom is 0.193 e. The number of nitrogens with zero attached hydrogens (tertiary/aromatic N) is 3. The van der Waals surface area contributed by atoms with Crippen molar-refractivity contribution in [3.05, 3.63) is 35.4 Å². The molecular weight excluding hydrogens is 451 g/mol. The number of hydrogen-bond donors (Lipinski definition) is 1. The average Bonchev–Trinajstić information content (AvgIpc) is 3.16. The molecule has 1 aromatic rings. The highest BCUT2D eigenvalue weighted by atomic mass is 127. The van der Waals surface area contributed by atoms with Crippen LogP contribution in [0.3, 0.4) is 0 Å². The highest BCUT2D eigenvalue weighted by Gasteiger charge is 2.25. The molecule has 2 aliphatic heterocycles. The average molecular weight is 486 g/mol. The van der Waals surface area contributed by atoms with E-state index in [1.165, 1.54) is 43.6 Å². The van der Waals surface area contributed by atoms with Crippen LogP contribution in [0.4, 0.5) is 0 Å². The third-order valence-electron chi connectivity index (χ3n) is 5.49. The number of nitrogens with one attached hydrogen (secondary N) is 1. The predicted molar refractivity (Wildman–Crippen MR) is 123 cm³/mol. The molecule has 152 valence electrons. The van der Waals surface area contributed by atoms with E-state index in [9.17, 15) is 0 Å². The van der Waals surface area contributed by atoms with E-state index in [4.69, 9.17) is 4.74 Å². The van der Waals surface area contributed by atoms with Crippen LogP contribution < -0.4 is 5.32 Å². The molecule has 0 bridgehead atoms. The maximum absolute atomic E-state index is 6.05. The zero-order valence-electron chi connectivity index (χ0n) is 17.0. The van der Waals surface area contributed by atoms with Crippen molar-refractivity contribution >= 4 is 29.9 Å². The van der Waals surface area contributed by atoms with Gasteiger partial charge in [0.05, 0.1) is 13.2 Å². The third kappa shape index (κ3) is 6.32. The summed E-state index contributed by atoms with van der Waals surface area (Å²) in [7, 11) is 1.88. The number of aliphatic imine (C=N–C) groups is 1. The number of rotatable bonds is 5. The van der Waals surface area contributed by atoms with Gasteiger partial charge in [0.2, 0.25) is 0 Å². The van der Waals surface area contributed by atoms with Gasteiger partial charge in [0, 0.05) is 26.7 Å². The topological polar surface area (TPSA) is 40.1 Å². The summed E-state index contributed by atoms with van der Waals surface area (Å²) in [6, 6.07) is 8.52. The molecule has 5 nitrogen and oxygen atoms in total. The van der Waals surface area contributed by atoms with Crippen LogP contribution in [0, 0.1) is 12.8 Å². The smallest absolute Gasteiger partial charge is 0.193 e. The Morgan fingerprint density at radius 2 is 2.00 bits per heavy atom. The minimum atomic E-state index is 0. The van der Waals surface area contributed by atoms with E-state index in [1.54, 1.807) is 0 Å². The van der Waals surface area contributed by atoms with Gasteiger partial charge in [-0.05, 0) is 49.9 Å². The number of morpholine rings is 1. The quantitative estimate of drug-likeness (QED) is 0.394. The summed E-state index contributed by atoms with van der Waals surface area (Å²) >= 11 is 0. The van der Waals surface area contributed by atoms with Gasteiger partial charge in [-0.3, -0.25) is 4.99 Å². The Hall–Kier alpha value is -0.860. The Morgan fingerprint density at radius 3 is 2.70 bits per heavy atom.